The zero-order chi connectivity index (χ0) is 27.3. The molecule has 0 saturated carbocycles. The van der Waals surface area contributed by atoms with E-state index in [1.165, 1.54) is 60.2 Å². The summed E-state index contributed by atoms with van der Waals surface area (Å²) in [6.45, 7) is 2.37. The average molecular weight is 544 g/mol. The van der Waals surface area contributed by atoms with Crippen LogP contribution in [0.1, 0.15) is 47.7 Å². The van der Waals surface area contributed by atoms with Crippen LogP contribution in [0, 0.1) is 5.82 Å². The molecule has 1 aliphatic rings. The Morgan fingerprint density at radius 3 is 2.53 bits per heavy atom. The minimum absolute atomic E-state index is 0.0153. The molecule has 10 nitrogen and oxygen atoms in total. The van der Waals surface area contributed by atoms with E-state index in [4.69, 9.17) is 8.92 Å². The van der Waals surface area contributed by atoms with E-state index < -0.39 is 44.9 Å². The number of benzene rings is 2. The molecule has 202 valence electrons. The van der Waals surface area contributed by atoms with Gasteiger partial charge in [-0.25, -0.2) is 9.37 Å². The first kappa shape index (κ1) is 27.4. The average Bonchev–Trinajstić information content (AvgIpc) is 3.09. The Hall–Kier alpha value is -3.61. The number of rotatable bonds is 9. The number of halogens is 1. The molecule has 0 bridgehead atoms. The van der Waals surface area contributed by atoms with Crippen molar-refractivity contribution in [2.45, 2.75) is 49.9 Å². The van der Waals surface area contributed by atoms with Crippen molar-refractivity contribution >= 4 is 16.0 Å². The Morgan fingerprint density at radius 2 is 1.87 bits per heavy atom. The Bertz CT molecular complexity index is 1450. The van der Waals surface area contributed by atoms with Crippen molar-refractivity contribution in [3.63, 3.8) is 0 Å². The molecule has 2 heterocycles. The van der Waals surface area contributed by atoms with E-state index in [9.17, 15) is 22.4 Å². The molecule has 12 heteroatoms. The second kappa shape index (κ2) is 11.8. The predicted molar refractivity (Wildman–Crippen MR) is 137 cm³/mol. The van der Waals surface area contributed by atoms with Gasteiger partial charge in [0.2, 0.25) is 5.75 Å². The maximum Gasteiger partial charge on any atom is 0.339 e. The van der Waals surface area contributed by atoms with Crippen LogP contribution < -0.4 is 15.1 Å². The molecule has 1 N–H and O–H groups in total. The number of hydrogen-bond donors (Lipinski definition) is 1. The van der Waals surface area contributed by atoms with E-state index in [2.05, 4.69) is 15.6 Å². The van der Waals surface area contributed by atoms with Crippen LogP contribution in [0.2, 0.25) is 0 Å². The molecule has 38 heavy (non-hydrogen) atoms. The fraction of sp³-hybridized carbons (Fsp3) is 0.346. The second-order valence-corrected chi connectivity index (χ2v) is 10.2. The highest BCUT2D eigenvalue weighted by molar-refractivity contribution is 7.87. The summed E-state index contributed by atoms with van der Waals surface area (Å²) in [6.07, 6.45) is 0.762. The molecular weight excluding hydrogens is 515 g/mol. The van der Waals surface area contributed by atoms with E-state index >= 15 is 0 Å². The minimum Gasteiger partial charge on any atom is -0.653 e. The second-order valence-electron chi connectivity index (χ2n) is 8.67. The van der Waals surface area contributed by atoms with Crippen molar-refractivity contribution in [3.8, 4) is 5.75 Å². The lowest BCUT2D eigenvalue weighted by molar-refractivity contribution is 0.0813. The summed E-state index contributed by atoms with van der Waals surface area (Å²) in [6, 6.07) is 12.3. The van der Waals surface area contributed by atoms with Crippen molar-refractivity contribution in [1.29, 1.82) is 0 Å². The van der Waals surface area contributed by atoms with Crippen molar-refractivity contribution < 1.29 is 26.5 Å². The number of nitrogens with zero attached hydrogens (tertiary/aromatic N) is 3. The van der Waals surface area contributed by atoms with Gasteiger partial charge in [0.05, 0.1) is 18.5 Å². The smallest absolute Gasteiger partial charge is 0.339 e. The molecule has 0 fully saturated rings. The summed E-state index contributed by atoms with van der Waals surface area (Å²) in [5.74, 6) is -1.74. The van der Waals surface area contributed by atoms with Gasteiger partial charge < -0.3 is 19.6 Å². The van der Waals surface area contributed by atoms with Gasteiger partial charge >= 0.3 is 10.1 Å². The largest absolute Gasteiger partial charge is 0.653 e. The fourth-order valence-corrected chi connectivity index (χ4v) is 5.14. The van der Waals surface area contributed by atoms with E-state index in [1.54, 1.807) is 6.07 Å². The van der Waals surface area contributed by atoms with E-state index in [-0.39, 0.29) is 29.9 Å². The molecule has 1 amide bonds. The van der Waals surface area contributed by atoms with Crippen molar-refractivity contribution in [3.05, 3.63) is 93.2 Å². The maximum absolute atomic E-state index is 13.7. The Kier molecular flexibility index (Phi) is 8.55. The SMILES string of the molecule is CC[N-][C@@H]1CC[C@H](OC)Cn2c1nc(C(=O)NCc1ccc(F)cc1)c(OS(=O)(=O)c1ccccc1)c2=O. The number of amides is 1. The van der Waals surface area contributed by atoms with Crippen LogP contribution in [0.15, 0.2) is 64.3 Å². The first-order valence-corrected chi connectivity index (χ1v) is 13.5. The third-order valence-corrected chi connectivity index (χ3v) is 7.38. The number of nitrogens with one attached hydrogen (secondary N) is 1. The normalized spacial score (nSPS) is 17.3. The van der Waals surface area contributed by atoms with Crippen LogP contribution in [-0.2, 0) is 27.9 Å². The molecule has 2 atom stereocenters. The quantitative estimate of drug-likeness (QED) is 0.410. The standard InChI is InChI=1S/C26H28FN4O6S/c1-3-28-21-14-13-19(36-2)16-31-24(21)30-22(25(32)29-15-17-9-11-18(27)12-10-17)23(26(31)33)37-38(34,35)20-7-5-4-6-8-20/h4-12,19,21H,3,13-16H2,1-2H3,(H,29,32)/q-1/t19-,21+/m0/s1. The molecule has 1 aliphatic heterocycles. The van der Waals surface area contributed by atoms with Crippen LogP contribution in [0.25, 0.3) is 5.32 Å². The number of hydrogen-bond acceptors (Lipinski definition) is 7. The zero-order valence-corrected chi connectivity index (χ0v) is 21.8. The van der Waals surface area contributed by atoms with Gasteiger partial charge in [0.1, 0.15) is 10.7 Å². The topological polar surface area (TPSA) is 131 Å². The van der Waals surface area contributed by atoms with Gasteiger partial charge in [0, 0.05) is 13.7 Å². The molecule has 0 saturated heterocycles. The van der Waals surface area contributed by atoms with Crippen LogP contribution in [0.5, 0.6) is 5.75 Å². The van der Waals surface area contributed by atoms with Crippen molar-refractivity contribution in [2.75, 3.05) is 13.7 Å². The van der Waals surface area contributed by atoms with Crippen molar-refractivity contribution in [2.24, 2.45) is 0 Å². The fourth-order valence-electron chi connectivity index (χ4n) is 4.18. The highest BCUT2D eigenvalue weighted by Gasteiger charge is 2.31. The maximum atomic E-state index is 13.7. The molecular formula is C26H28FN4O6S-. The van der Waals surface area contributed by atoms with Crippen LogP contribution in [0.4, 0.5) is 4.39 Å². The van der Waals surface area contributed by atoms with Gasteiger partial charge in [-0.05, 0) is 36.2 Å². The van der Waals surface area contributed by atoms with Gasteiger partial charge in [-0.15, -0.1) is 0 Å². The molecule has 1 aromatic heterocycles. The van der Waals surface area contributed by atoms with Gasteiger partial charge in [0.25, 0.3) is 11.5 Å². The summed E-state index contributed by atoms with van der Waals surface area (Å²) < 4.78 is 51.5. The number of fused-ring (bicyclic) bond motifs is 1. The summed E-state index contributed by atoms with van der Waals surface area (Å²) in [4.78, 5) is 31.3. The van der Waals surface area contributed by atoms with Gasteiger partial charge in [-0.3, -0.25) is 14.2 Å². The molecule has 0 aliphatic carbocycles. The van der Waals surface area contributed by atoms with Crippen LogP contribution in [-0.4, -0.2) is 43.6 Å². The molecule has 0 radical (unpaired) electrons. The summed E-state index contributed by atoms with van der Waals surface area (Å²) in [7, 11) is -2.95. The highest BCUT2D eigenvalue weighted by atomic mass is 32.2. The molecule has 0 spiro atoms. The molecule has 4 rings (SSSR count). The lowest BCUT2D eigenvalue weighted by atomic mass is 10.1. The van der Waals surface area contributed by atoms with Gasteiger partial charge in [-0.1, -0.05) is 49.7 Å². The van der Waals surface area contributed by atoms with Gasteiger partial charge in [0.15, 0.2) is 5.69 Å². The van der Waals surface area contributed by atoms with E-state index in [0.717, 1.165) is 0 Å². The Labute approximate surface area is 219 Å². The third kappa shape index (κ3) is 6.09. The summed E-state index contributed by atoms with van der Waals surface area (Å²) >= 11 is 0. The first-order valence-electron chi connectivity index (χ1n) is 12.1. The van der Waals surface area contributed by atoms with Crippen LogP contribution >= 0.6 is 0 Å². The van der Waals surface area contributed by atoms with Crippen molar-refractivity contribution in [1.82, 2.24) is 14.9 Å². The molecule has 3 aromatic rings. The zero-order valence-electron chi connectivity index (χ0n) is 21.0. The van der Waals surface area contributed by atoms with E-state index in [0.29, 0.717) is 24.9 Å². The lowest BCUT2D eigenvalue weighted by Crippen LogP contribution is -2.35. The van der Waals surface area contributed by atoms with Gasteiger partial charge in [-0.2, -0.15) is 15.0 Å². The molecule has 0 unspecified atom stereocenters. The van der Waals surface area contributed by atoms with E-state index in [1.807, 2.05) is 6.92 Å². The Morgan fingerprint density at radius 1 is 1.16 bits per heavy atom. The monoisotopic (exact) mass is 543 g/mol. The summed E-state index contributed by atoms with van der Waals surface area (Å²) in [5.41, 5.74) is -0.718. The summed E-state index contributed by atoms with van der Waals surface area (Å²) in [5, 5.41) is 7.16. The first-order chi connectivity index (χ1) is 18.2. The number of ether oxygens (including phenoxy) is 1. The predicted octanol–water partition coefficient (Wildman–Crippen LogP) is 3.32. The lowest BCUT2D eigenvalue weighted by Gasteiger charge is -2.30. The number of carbonyl (C=O) groups is 1. The number of methoxy groups -OCH3 is 1. The molecule has 2 aromatic carbocycles. The van der Waals surface area contributed by atoms with Crippen LogP contribution in [0.3, 0.4) is 0 Å². The highest BCUT2D eigenvalue weighted by Crippen LogP contribution is 2.31. The Balaban J connectivity index is 1.81. The number of carbonyl (C=O) groups excluding carboxylic acids is 1. The minimum atomic E-state index is -4.47. The third-order valence-electron chi connectivity index (χ3n) is 6.15. The number of aromatic nitrogens is 2.